The number of aromatic nitrogens is 8. The van der Waals surface area contributed by atoms with Crippen LogP contribution < -0.4 is 14.6 Å². The summed E-state index contributed by atoms with van der Waals surface area (Å²) in [6.07, 6.45) is 1.67. The second-order valence-corrected chi connectivity index (χ2v) is 4.63. The van der Waals surface area contributed by atoms with Crippen molar-refractivity contribution in [1.29, 1.82) is 0 Å². The molecule has 124 valence electrons. The van der Waals surface area contributed by atoms with E-state index in [9.17, 15) is 0 Å². The first kappa shape index (κ1) is 15.6. The van der Waals surface area contributed by atoms with Crippen LogP contribution in [-0.2, 0) is 6.54 Å². The zero-order chi connectivity index (χ0) is 16.8. The minimum atomic E-state index is 0.249. The van der Waals surface area contributed by atoms with Gasteiger partial charge in [0.1, 0.15) is 6.61 Å². The Morgan fingerprint density at radius 1 is 1.25 bits per heavy atom. The molecule has 24 heavy (non-hydrogen) atoms. The van der Waals surface area contributed by atoms with E-state index < -0.39 is 0 Å². The highest BCUT2D eigenvalue weighted by Crippen LogP contribution is 2.31. The van der Waals surface area contributed by atoms with Crippen LogP contribution in [0, 0.1) is 0 Å². The first-order valence-corrected chi connectivity index (χ1v) is 7.26. The number of benzene rings is 1. The molecule has 3 aromatic rings. The van der Waals surface area contributed by atoms with Crippen molar-refractivity contribution in [1.82, 2.24) is 40.8 Å². The molecule has 2 aromatic heterocycles. The van der Waals surface area contributed by atoms with E-state index >= 15 is 0 Å². The van der Waals surface area contributed by atoms with Crippen LogP contribution >= 0.6 is 0 Å². The molecule has 0 atom stereocenters. The third kappa shape index (κ3) is 3.54. The van der Waals surface area contributed by atoms with Gasteiger partial charge in [0.25, 0.3) is 0 Å². The molecule has 0 aliphatic rings. The highest BCUT2D eigenvalue weighted by atomic mass is 16.5. The van der Waals surface area contributed by atoms with Crippen LogP contribution in [0.3, 0.4) is 0 Å². The molecule has 0 radical (unpaired) electrons. The van der Waals surface area contributed by atoms with Gasteiger partial charge in [-0.25, -0.2) is 0 Å². The maximum atomic E-state index is 5.61. The van der Waals surface area contributed by atoms with Crippen molar-refractivity contribution in [3.05, 3.63) is 36.7 Å². The van der Waals surface area contributed by atoms with Crippen LogP contribution in [0.2, 0.25) is 0 Å². The maximum absolute atomic E-state index is 5.61. The van der Waals surface area contributed by atoms with Crippen molar-refractivity contribution in [3.63, 3.8) is 0 Å². The number of tetrazole rings is 2. The summed E-state index contributed by atoms with van der Waals surface area (Å²) in [4.78, 5) is 1.37. The molecule has 0 saturated heterocycles. The van der Waals surface area contributed by atoms with Crippen LogP contribution in [0.4, 0.5) is 0 Å². The quantitative estimate of drug-likeness (QED) is 0.545. The third-order valence-electron chi connectivity index (χ3n) is 2.95. The van der Waals surface area contributed by atoms with Crippen LogP contribution in [-0.4, -0.2) is 48.9 Å². The Kier molecular flexibility index (Phi) is 4.75. The van der Waals surface area contributed by atoms with Crippen molar-refractivity contribution < 1.29 is 9.47 Å². The summed E-state index contributed by atoms with van der Waals surface area (Å²) >= 11 is 0. The van der Waals surface area contributed by atoms with Gasteiger partial charge >= 0.3 is 0 Å². The van der Waals surface area contributed by atoms with Crippen LogP contribution in [0.1, 0.15) is 12.7 Å². The Morgan fingerprint density at radius 3 is 2.92 bits per heavy atom. The second-order valence-electron chi connectivity index (χ2n) is 4.63. The van der Waals surface area contributed by atoms with Crippen molar-refractivity contribution in [2.24, 2.45) is 0 Å². The number of rotatable bonds is 8. The van der Waals surface area contributed by atoms with Crippen LogP contribution in [0.15, 0.2) is 30.9 Å². The van der Waals surface area contributed by atoms with Gasteiger partial charge in [-0.3, -0.25) is 10.3 Å². The highest BCUT2D eigenvalue weighted by molar-refractivity contribution is 5.60. The van der Waals surface area contributed by atoms with Gasteiger partial charge in [0, 0.05) is 11.4 Å². The van der Waals surface area contributed by atoms with Gasteiger partial charge in [-0.1, -0.05) is 12.7 Å². The molecule has 0 amide bonds. The van der Waals surface area contributed by atoms with E-state index in [4.69, 9.17) is 9.47 Å². The summed E-state index contributed by atoms with van der Waals surface area (Å²) < 4.78 is 11.2. The fourth-order valence-corrected chi connectivity index (χ4v) is 1.96. The molecule has 2 heterocycles. The summed E-state index contributed by atoms with van der Waals surface area (Å²) in [6, 6.07) is 5.45. The topological polar surface area (TPSA) is 115 Å². The lowest BCUT2D eigenvalue weighted by Crippen LogP contribution is -2.06. The van der Waals surface area contributed by atoms with E-state index in [0.717, 1.165) is 5.56 Å². The van der Waals surface area contributed by atoms with Gasteiger partial charge in [-0.2, -0.15) is 10.0 Å². The summed E-state index contributed by atoms with van der Waals surface area (Å²) in [6.45, 7) is 6.70. The fraction of sp³-hybridized carbons (Fsp3) is 0.286. The third-order valence-corrected chi connectivity index (χ3v) is 2.95. The minimum absolute atomic E-state index is 0.249. The summed E-state index contributed by atoms with van der Waals surface area (Å²) in [7, 11) is 0. The van der Waals surface area contributed by atoms with Gasteiger partial charge in [0.15, 0.2) is 11.5 Å². The molecule has 0 spiro atoms. The number of nitrogens with zero attached hydrogens (tertiary/aromatic N) is 8. The van der Waals surface area contributed by atoms with Gasteiger partial charge in [0.05, 0.1) is 13.2 Å². The number of ether oxygens (including phenoxy) is 2. The van der Waals surface area contributed by atoms with Gasteiger partial charge in [-0.05, 0) is 30.3 Å². The van der Waals surface area contributed by atoms with Gasteiger partial charge in [-0.15, -0.1) is 10.2 Å². The summed E-state index contributed by atoms with van der Waals surface area (Å²) in [5, 5.41) is 26.6. The molecule has 0 fully saturated rings. The van der Waals surface area contributed by atoms with E-state index in [-0.39, 0.29) is 6.54 Å². The van der Waals surface area contributed by atoms with Gasteiger partial charge in [0.2, 0.25) is 5.82 Å². The zero-order valence-electron chi connectivity index (χ0n) is 13.0. The summed E-state index contributed by atoms with van der Waals surface area (Å²) in [5.41, 5.74) is 0.760. The lowest BCUT2D eigenvalue weighted by Gasteiger charge is -2.11. The molecule has 0 aliphatic heterocycles. The standard InChI is InChI=1S/C14H15N8O2/c1-3-7-24-11-6-5-10(8-12(11)23-4-2)14-17-21-22(18-14)9-13-15-19-20-16-13/h3,5-6,8H,1,4,7,9H2,2H3/q-1. The predicted octanol–water partition coefficient (Wildman–Crippen LogP) is 0.494. The average Bonchev–Trinajstić information content (AvgIpc) is 3.26. The Morgan fingerprint density at radius 2 is 2.17 bits per heavy atom. The highest BCUT2D eigenvalue weighted by Gasteiger charge is 2.11. The molecule has 0 saturated carbocycles. The number of hydrogen-bond donors (Lipinski definition) is 0. The van der Waals surface area contributed by atoms with E-state index in [1.54, 1.807) is 12.1 Å². The largest absolute Gasteiger partial charge is 0.490 e. The first-order valence-electron chi connectivity index (χ1n) is 7.26. The average molecular weight is 327 g/mol. The second kappa shape index (κ2) is 7.31. The lowest BCUT2D eigenvalue weighted by atomic mass is 10.2. The van der Waals surface area contributed by atoms with Crippen molar-refractivity contribution in [2.75, 3.05) is 13.2 Å². The lowest BCUT2D eigenvalue weighted by molar-refractivity contribution is 0.297. The maximum Gasteiger partial charge on any atom is 0.205 e. The van der Waals surface area contributed by atoms with Gasteiger partial charge < -0.3 is 14.6 Å². The molecule has 0 unspecified atom stereocenters. The van der Waals surface area contributed by atoms with E-state index in [2.05, 4.69) is 42.6 Å². The molecule has 10 nitrogen and oxygen atoms in total. The number of hydrogen-bond acceptors (Lipinski definition) is 8. The van der Waals surface area contributed by atoms with E-state index in [1.165, 1.54) is 4.80 Å². The molecular weight excluding hydrogens is 312 g/mol. The van der Waals surface area contributed by atoms with Crippen LogP contribution in [0.5, 0.6) is 11.5 Å². The first-order chi connectivity index (χ1) is 11.8. The normalized spacial score (nSPS) is 10.5. The predicted molar refractivity (Wildman–Crippen MR) is 82.4 cm³/mol. The zero-order valence-corrected chi connectivity index (χ0v) is 13.0. The molecule has 3 rings (SSSR count). The van der Waals surface area contributed by atoms with Crippen molar-refractivity contribution >= 4 is 0 Å². The molecule has 0 bridgehead atoms. The van der Waals surface area contributed by atoms with Crippen molar-refractivity contribution in [2.45, 2.75) is 13.5 Å². The molecule has 1 aromatic carbocycles. The SMILES string of the molecule is C=CCOc1ccc(-c2nnn(Cc3nnn[n-]3)n2)cc1OCC. The fourth-order valence-electron chi connectivity index (χ4n) is 1.96. The monoisotopic (exact) mass is 327 g/mol. The van der Waals surface area contributed by atoms with Crippen molar-refractivity contribution in [3.8, 4) is 22.9 Å². The Balaban J connectivity index is 1.82. The molecule has 10 heteroatoms. The van der Waals surface area contributed by atoms with E-state index in [1.807, 2.05) is 19.1 Å². The summed E-state index contributed by atoms with van der Waals surface area (Å²) in [5.74, 6) is 2.12. The Bertz CT molecular complexity index is 799. The Hall–Kier alpha value is -3.30. The van der Waals surface area contributed by atoms with Crippen LogP contribution in [0.25, 0.3) is 11.4 Å². The molecule has 0 aliphatic carbocycles. The smallest absolute Gasteiger partial charge is 0.205 e. The minimum Gasteiger partial charge on any atom is -0.490 e. The van der Waals surface area contributed by atoms with E-state index in [0.29, 0.717) is 36.4 Å². The molecule has 0 N–H and O–H groups in total. The molecular formula is C14H15N8O2-. The Labute approximate surface area is 137 Å².